The fraction of sp³-hybridized carbons (Fsp3) is 0.833. The number of aromatic nitrogens is 2. The van der Waals surface area contributed by atoms with E-state index in [0.717, 1.165) is 12.5 Å². The van der Waals surface area contributed by atoms with Gasteiger partial charge in [-0.05, 0) is 36.8 Å². The van der Waals surface area contributed by atoms with E-state index in [-0.39, 0.29) is 0 Å². The van der Waals surface area contributed by atoms with Gasteiger partial charge in [-0.2, -0.15) is 0 Å². The summed E-state index contributed by atoms with van der Waals surface area (Å²) in [7, 11) is 0. The van der Waals surface area contributed by atoms with E-state index in [1.165, 1.54) is 42.1 Å². The fourth-order valence-corrected chi connectivity index (χ4v) is 2.49. The van der Waals surface area contributed by atoms with Gasteiger partial charge in [-0.25, -0.2) is 0 Å². The molecule has 0 aliphatic heterocycles. The molecule has 0 aliphatic carbocycles. The summed E-state index contributed by atoms with van der Waals surface area (Å²) in [6.45, 7) is 7.82. The Morgan fingerprint density at radius 1 is 1.31 bits per heavy atom. The molecule has 3 nitrogen and oxygen atoms in total. The topological polar surface area (TPSA) is 37.8 Å². The van der Waals surface area contributed by atoms with Crippen LogP contribution in [-0.2, 0) is 0 Å². The molecule has 0 aliphatic rings. The molecule has 0 bridgehead atoms. The van der Waals surface area contributed by atoms with Crippen LogP contribution in [0.4, 0.5) is 0 Å². The zero-order valence-corrected chi connectivity index (χ0v) is 11.4. The van der Waals surface area contributed by atoms with Gasteiger partial charge >= 0.3 is 0 Å². The van der Waals surface area contributed by atoms with Crippen molar-refractivity contribution in [3.63, 3.8) is 0 Å². The molecule has 16 heavy (non-hydrogen) atoms. The third-order valence-electron chi connectivity index (χ3n) is 3.09. The molecule has 1 atom stereocenters. The molecule has 1 heterocycles. The van der Waals surface area contributed by atoms with Crippen molar-refractivity contribution in [3.05, 3.63) is 11.1 Å². The van der Waals surface area contributed by atoms with Gasteiger partial charge in [0.05, 0.1) is 11.1 Å². The average Bonchev–Trinajstić information content (AvgIpc) is 2.83. The monoisotopic (exact) mass is 241 g/mol. The molecular formula is C12H23N3S. The van der Waals surface area contributed by atoms with Crippen molar-refractivity contribution in [2.24, 2.45) is 5.92 Å². The lowest BCUT2D eigenvalue weighted by molar-refractivity contribution is 0.374. The van der Waals surface area contributed by atoms with Crippen LogP contribution in [0.15, 0.2) is 6.20 Å². The number of nitrogens with one attached hydrogen (secondary N) is 1. The van der Waals surface area contributed by atoms with Crippen LogP contribution < -0.4 is 5.32 Å². The van der Waals surface area contributed by atoms with Gasteiger partial charge in [0.25, 0.3) is 0 Å². The Morgan fingerprint density at radius 2 is 2.06 bits per heavy atom. The molecule has 0 amide bonds. The standard InChI is InChI=1S/C12H23N3S/c1-4-7-13-11(8-10(5-2)6-3)12-9-14-15-16-12/h9-11,13H,4-8H2,1-3H3. The van der Waals surface area contributed by atoms with Gasteiger partial charge in [-0.3, -0.25) is 0 Å². The first kappa shape index (κ1) is 13.6. The van der Waals surface area contributed by atoms with Crippen molar-refractivity contribution < 1.29 is 0 Å². The van der Waals surface area contributed by atoms with Crippen molar-refractivity contribution in [1.29, 1.82) is 0 Å². The van der Waals surface area contributed by atoms with Gasteiger partial charge in [-0.1, -0.05) is 38.1 Å². The van der Waals surface area contributed by atoms with Crippen molar-refractivity contribution in [3.8, 4) is 0 Å². The Kier molecular flexibility index (Phi) is 6.57. The first-order chi connectivity index (χ1) is 7.81. The largest absolute Gasteiger partial charge is 0.309 e. The second kappa shape index (κ2) is 7.74. The maximum atomic E-state index is 3.96. The first-order valence-corrected chi connectivity index (χ1v) is 7.09. The summed E-state index contributed by atoms with van der Waals surface area (Å²) in [5, 5.41) is 7.54. The molecule has 1 aromatic rings. The molecule has 0 aromatic carbocycles. The van der Waals surface area contributed by atoms with Gasteiger partial charge in [0, 0.05) is 6.04 Å². The highest BCUT2D eigenvalue weighted by Gasteiger charge is 2.17. The maximum absolute atomic E-state index is 3.96. The third kappa shape index (κ3) is 4.18. The van der Waals surface area contributed by atoms with Crippen LogP contribution in [0.5, 0.6) is 0 Å². The Hall–Kier alpha value is -0.480. The Labute approximate surface area is 103 Å². The van der Waals surface area contributed by atoms with Gasteiger partial charge in [0.1, 0.15) is 0 Å². The molecule has 1 aromatic heterocycles. The van der Waals surface area contributed by atoms with Crippen molar-refractivity contribution >= 4 is 11.5 Å². The predicted molar refractivity (Wildman–Crippen MR) is 69.6 cm³/mol. The highest BCUT2D eigenvalue weighted by Crippen LogP contribution is 2.26. The van der Waals surface area contributed by atoms with Crippen LogP contribution in [-0.4, -0.2) is 16.1 Å². The smallest absolute Gasteiger partial charge is 0.0669 e. The van der Waals surface area contributed by atoms with Crippen LogP contribution in [0.1, 0.15) is 57.4 Å². The molecule has 0 saturated heterocycles. The minimum absolute atomic E-state index is 0.449. The van der Waals surface area contributed by atoms with Gasteiger partial charge in [-0.15, -0.1) is 5.10 Å². The van der Waals surface area contributed by atoms with E-state index < -0.39 is 0 Å². The number of hydrogen-bond donors (Lipinski definition) is 1. The second-order valence-electron chi connectivity index (χ2n) is 4.24. The second-order valence-corrected chi connectivity index (χ2v) is 5.06. The summed E-state index contributed by atoms with van der Waals surface area (Å²) >= 11 is 1.52. The minimum atomic E-state index is 0.449. The summed E-state index contributed by atoms with van der Waals surface area (Å²) in [5.74, 6) is 0.802. The SMILES string of the molecule is CCCNC(CC(CC)CC)c1cnns1. The Morgan fingerprint density at radius 3 is 2.56 bits per heavy atom. The maximum Gasteiger partial charge on any atom is 0.0669 e. The zero-order chi connectivity index (χ0) is 11.8. The molecule has 0 spiro atoms. The molecule has 0 saturated carbocycles. The normalized spacial score (nSPS) is 13.2. The summed E-state index contributed by atoms with van der Waals surface area (Å²) in [4.78, 5) is 1.28. The van der Waals surface area contributed by atoms with Gasteiger partial charge < -0.3 is 5.32 Å². The van der Waals surface area contributed by atoms with Crippen LogP contribution in [0.3, 0.4) is 0 Å². The lowest BCUT2D eigenvalue weighted by Crippen LogP contribution is -2.23. The van der Waals surface area contributed by atoms with Crippen LogP contribution in [0, 0.1) is 5.92 Å². The molecule has 0 radical (unpaired) electrons. The van der Waals surface area contributed by atoms with Crippen molar-refractivity contribution in [2.75, 3.05) is 6.54 Å². The zero-order valence-electron chi connectivity index (χ0n) is 10.6. The Balaban J connectivity index is 2.56. The van der Waals surface area contributed by atoms with E-state index in [0.29, 0.717) is 6.04 Å². The minimum Gasteiger partial charge on any atom is -0.309 e. The average molecular weight is 241 g/mol. The first-order valence-electron chi connectivity index (χ1n) is 6.32. The molecular weight excluding hydrogens is 218 g/mol. The number of hydrogen-bond acceptors (Lipinski definition) is 4. The number of rotatable bonds is 8. The lowest BCUT2D eigenvalue weighted by atomic mass is 9.94. The lowest BCUT2D eigenvalue weighted by Gasteiger charge is -2.21. The van der Waals surface area contributed by atoms with Crippen molar-refractivity contribution in [1.82, 2.24) is 14.9 Å². The fourth-order valence-electron chi connectivity index (χ4n) is 1.90. The summed E-state index contributed by atoms with van der Waals surface area (Å²) in [6.07, 6.45) is 6.79. The van der Waals surface area contributed by atoms with Crippen molar-refractivity contribution in [2.45, 2.75) is 52.5 Å². The van der Waals surface area contributed by atoms with E-state index in [2.05, 4.69) is 35.7 Å². The quantitative estimate of drug-likeness (QED) is 0.758. The Bertz CT molecular complexity index is 257. The summed E-state index contributed by atoms with van der Waals surface area (Å²) in [6, 6.07) is 0.449. The molecule has 4 heteroatoms. The van der Waals surface area contributed by atoms with E-state index >= 15 is 0 Å². The molecule has 1 unspecified atom stereocenters. The highest BCUT2D eigenvalue weighted by molar-refractivity contribution is 7.05. The third-order valence-corrected chi connectivity index (χ3v) is 3.86. The highest BCUT2D eigenvalue weighted by atomic mass is 32.1. The van der Waals surface area contributed by atoms with E-state index in [1.807, 2.05) is 6.20 Å². The van der Waals surface area contributed by atoms with Crippen LogP contribution >= 0.6 is 11.5 Å². The van der Waals surface area contributed by atoms with Gasteiger partial charge in [0.2, 0.25) is 0 Å². The van der Waals surface area contributed by atoms with E-state index in [1.54, 1.807) is 0 Å². The van der Waals surface area contributed by atoms with Gasteiger partial charge in [0.15, 0.2) is 0 Å². The summed E-state index contributed by atoms with van der Waals surface area (Å²) in [5.41, 5.74) is 0. The van der Waals surface area contributed by atoms with E-state index in [4.69, 9.17) is 0 Å². The van der Waals surface area contributed by atoms with E-state index in [9.17, 15) is 0 Å². The van der Waals surface area contributed by atoms with Crippen LogP contribution in [0.25, 0.3) is 0 Å². The molecule has 92 valence electrons. The summed E-state index contributed by atoms with van der Waals surface area (Å²) < 4.78 is 3.96. The molecule has 1 rings (SSSR count). The predicted octanol–water partition coefficient (Wildman–Crippen LogP) is 3.41. The molecule has 1 N–H and O–H groups in total. The number of nitrogens with zero attached hydrogens (tertiary/aromatic N) is 2. The molecule has 0 fully saturated rings. The van der Waals surface area contributed by atoms with Crippen LogP contribution in [0.2, 0.25) is 0 Å².